The fourth-order valence-corrected chi connectivity index (χ4v) is 4.50. The molecule has 0 bridgehead atoms. The lowest BCUT2D eigenvalue weighted by atomic mass is 10.1. The minimum absolute atomic E-state index is 0.176. The molecule has 190 valence electrons. The lowest BCUT2D eigenvalue weighted by Gasteiger charge is -2.26. The van der Waals surface area contributed by atoms with Gasteiger partial charge in [0.25, 0.3) is 11.8 Å². The smallest absolute Gasteiger partial charge is 0.335 e. The van der Waals surface area contributed by atoms with Crippen LogP contribution in [0.4, 0.5) is 10.5 Å². The molecule has 1 aliphatic heterocycles. The van der Waals surface area contributed by atoms with Gasteiger partial charge < -0.3 is 14.2 Å². The van der Waals surface area contributed by atoms with Crippen molar-refractivity contribution in [1.29, 1.82) is 0 Å². The summed E-state index contributed by atoms with van der Waals surface area (Å²) in [5.41, 5.74) is 1.71. The third kappa shape index (κ3) is 6.11. The molecule has 0 aromatic heterocycles. The molecule has 0 unspecified atom stereocenters. The van der Waals surface area contributed by atoms with Crippen LogP contribution in [0.2, 0.25) is 0 Å². The Morgan fingerprint density at radius 3 is 2.27 bits per heavy atom. The minimum Gasteiger partial charge on any atom is -0.494 e. The Balaban J connectivity index is 1.64. The summed E-state index contributed by atoms with van der Waals surface area (Å²) in [5, 5.41) is 2.24. The lowest BCUT2D eigenvalue weighted by molar-refractivity contribution is -0.122. The van der Waals surface area contributed by atoms with Crippen molar-refractivity contribution in [2.45, 2.75) is 20.5 Å². The van der Waals surface area contributed by atoms with Gasteiger partial charge in [0.05, 0.1) is 22.5 Å². The second-order valence-electron chi connectivity index (χ2n) is 7.92. The van der Waals surface area contributed by atoms with E-state index in [2.05, 4.69) is 27.9 Å². The number of barbiturate groups is 1. The Kier molecular flexibility index (Phi) is 8.44. The van der Waals surface area contributed by atoms with E-state index >= 15 is 0 Å². The molecule has 0 spiro atoms. The molecule has 0 saturated carbocycles. The van der Waals surface area contributed by atoms with Gasteiger partial charge in [-0.2, -0.15) is 0 Å². The first-order valence-electron chi connectivity index (χ1n) is 11.7. The van der Waals surface area contributed by atoms with Crippen LogP contribution in [-0.2, 0) is 16.2 Å². The van der Waals surface area contributed by atoms with E-state index in [1.54, 1.807) is 36.4 Å². The number of carbonyl (C=O) groups is 3. The number of benzene rings is 3. The fraction of sp³-hybridized carbons (Fsp3) is 0.179. The third-order valence-corrected chi connectivity index (χ3v) is 6.18. The third-order valence-electron chi connectivity index (χ3n) is 5.38. The summed E-state index contributed by atoms with van der Waals surface area (Å²) in [6.07, 6.45) is 1.44. The maximum Gasteiger partial charge on any atom is 0.335 e. The fourth-order valence-electron chi connectivity index (χ4n) is 3.72. The Morgan fingerprint density at radius 2 is 1.59 bits per heavy atom. The average Bonchev–Trinajstić information content (AvgIpc) is 2.88. The molecule has 0 aliphatic carbocycles. The zero-order chi connectivity index (χ0) is 26.4. The van der Waals surface area contributed by atoms with Crippen molar-refractivity contribution >= 4 is 52.2 Å². The van der Waals surface area contributed by atoms with Gasteiger partial charge in [-0.15, -0.1) is 0 Å². The van der Waals surface area contributed by atoms with Crippen LogP contribution in [0.1, 0.15) is 25.0 Å². The van der Waals surface area contributed by atoms with E-state index in [4.69, 9.17) is 14.2 Å². The highest BCUT2D eigenvalue weighted by atomic mass is 127. The van der Waals surface area contributed by atoms with E-state index in [-0.39, 0.29) is 5.57 Å². The largest absolute Gasteiger partial charge is 0.494 e. The Hall–Kier alpha value is -3.86. The summed E-state index contributed by atoms with van der Waals surface area (Å²) in [6.45, 7) is 4.97. The van der Waals surface area contributed by atoms with Crippen LogP contribution in [0.5, 0.6) is 17.2 Å². The molecule has 3 aromatic carbocycles. The molecule has 9 heteroatoms. The first-order chi connectivity index (χ1) is 17.9. The van der Waals surface area contributed by atoms with Gasteiger partial charge in [0, 0.05) is 0 Å². The molecule has 4 amide bonds. The molecule has 4 rings (SSSR count). The quantitative estimate of drug-likeness (QED) is 0.200. The van der Waals surface area contributed by atoms with Gasteiger partial charge in [-0.05, 0) is 90.0 Å². The number of urea groups is 1. The van der Waals surface area contributed by atoms with E-state index < -0.39 is 17.8 Å². The monoisotopic (exact) mass is 612 g/mol. The number of rotatable bonds is 9. The van der Waals surface area contributed by atoms with Gasteiger partial charge in [-0.3, -0.25) is 14.9 Å². The molecule has 1 N–H and O–H groups in total. The molecule has 1 heterocycles. The second kappa shape index (κ2) is 11.9. The zero-order valence-electron chi connectivity index (χ0n) is 20.3. The van der Waals surface area contributed by atoms with Crippen LogP contribution >= 0.6 is 22.6 Å². The highest BCUT2D eigenvalue weighted by molar-refractivity contribution is 14.1. The van der Waals surface area contributed by atoms with Crippen LogP contribution in [0, 0.1) is 3.57 Å². The number of imide groups is 2. The number of hydrogen-bond acceptors (Lipinski definition) is 6. The summed E-state index contributed by atoms with van der Waals surface area (Å²) >= 11 is 2.13. The highest BCUT2D eigenvalue weighted by Gasteiger charge is 2.37. The summed E-state index contributed by atoms with van der Waals surface area (Å²) in [4.78, 5) is 39.4. The number of halogens is 1. The number of carbonyl (C=O) groups excluding carboxylic acids is 3. The number of hydrogen-bond donors (Lipinski definition) is 1. The highest BCUT2D eigenvalue weighted by Crippen LogP contribution is 2.36. The van der Waals surface area contributed by atoms with Crippen molar-refractivity contribution in [2.75, 3.05) is 18.1 Å². The first kappa shape index (κ1) is 26.2. The molecule has 1 saturated heterocycles. The minimum atomic E-state index is -0.814. The number of ether oxygens (including phenoxy) is 3. The van der Waals surface area contributed by atoms with Crippen molar-refractivity contribution in [3.8, 4) is 17.2 Å². The van der Waals surface area contributed by atoms with Gasteiger partial charge in [0.15, 0.2) is 11.5 Å². The summed E-state index contributed by atoms with van der Waals surface area (Å²) < 4.78 is 18.0. The van der Waals surface area contributed by atoms with Crippen molar-refractivity contribution in [3.63, 3.8) is 0 Å². The Morgan fingerprint density at radius 1 is 0.892 bits per heavy atom. The molecule has 1 aliphatic rings. The first-order valence-corrected chi connectivity index (χ1v) is 12.8. The molecular formula is C28H25IN2O6. The molecule has 8 nitrogen and oxygen atoms in total. The maximum atomic E-state index is 13.3. The van der Waals surface area contributed by atoms with Crippen LogP contribution < -0.4 is 24.4 Å². The molecular weight excluding hydrogens is 587 g/mol. The zero-order valence-corrected chi connectivity index (χ0v) is 22.5. The van der Waals surface area contributed by atoms with E-state index in [0.29, 0.717) is 48.3 Å². The average molecular weight is 612 g/mol. The van der Waals surface area contributed by atoms with Crippen molar-refractivity contribution in [3.05, 3.63) is 87.0 Å². The molecule has 0 radical (unpaired) electrons. The number of nitrogens with zero attached hydrogens (tertiary/aromatic N) is 1. The van der Waals surface area contributed by atoms with Crippen LogP contribution in [0.3, 0.4) is 0 Å². The molecule has 37 heavy (non-hydrogen) atoms. The normalized spacial score (nSPS) is 14.5. The van der Waals surface area contributed by atoms with Gasteiger partial charge >= 0.3 is 6.03 Å². The topological polar surface area (TPSA) is 94.2 Å². The summed E-state index contributed by atoms with van der Waals surface area (Å²) in [7, 11) is 0. The second-order valence-corrected chi connectivity index (χ2v) is 9.08. The molecule has 3 aromatic rings. The van der Waals surface area contributed by atoms with E-state index in [0.717, 1.165) is 14.0 Å². The number of nitrogens with one attached hydrogen (secondary N) is 1. The van der Waals surface area contributed by atoms with Crippen LogP contribution in [0.25, 0.3) is 6.08 Å². The van der Waals surface area contributed by atoms with Gasteiger partial charge in [0.2, 0.25) is 0 Å². The predicted molar refractivity (Wildman–Crippen MR) is 148 cm³/mol. The van der Waals surface area contributed by atoms with Crippen molar-refractivity contribution in [2.24, 2.45) is 0 Å². The number of anilines is 1. The maximum absolute atomic E-state index is 13.3. The molecule has 0 atom stereocenters. The van der Waals surface area contributed by atoms with Gasteiger partial charge in [0.1, 0.15) is 17.9 Å². The van der Waals surface area contributed by atoms with E-state index in [1.165, 1.54) is 6.08 Å². The Labute approximate surface area is 228 Å². The van der Waals surface area contributed by atoms with Crippen molar-refractivity contribution < 1.29 is 28.6 Å². The summed E-state index contributed by atoms with van der Waals surface area (Å²) in [6, 6.07) is 18.9. The van der Waals surface area contributed by atoms with Crippen molar-refractivity contribution in [1.82, 2.24) is 5.32 Å². The molecule has 1 fully saturated rings. The van der Waals surface area contributed by atoms with Crippen LogP contribution in [-0.4, -0.2) is 31.1 Å². The predicted octanol–water partition coefficient (Wildman–Crippen LogP) is 5.33. The van der Waals surface area contributed by atoms with Crippen LogP contribution in [0.15, 0.2) is 72.3 Å². The summed E-state index contributed by atoms with van der Waals surface area (Å²) in [5.74, 6) is 0.166. The number of amides is 4. The lowest BCUT2D eigenvalue weighted by Crippen LogP contribution is -2.54. The van der Waals surface area contributed by atoms with E-state index in [1.807, 2.05) is 44.2 Å². The van der Waals surface area contributed by atoms with Gasteiger partial charge in [-0.1, -0.05) is 30.3 Å². The van der Waals surface area contributed by atoms with E-state index in [9.17, 15) is 14.4 Å². The van der Waals surface area contributed by atoms with Gasteiger partial charge in [-0.25, -0.2) is 9.69 Å². The standard InChI is InChI=1S/C28H25IN2O6/c1-3-35-21-12-10-20(11-13-21)31-27(33)22(26(32)30-28(31)34)14-19-15-23(29)25(24(16-19)36-4-2)37-17-18-8-6-5-7-9-18/h5-16H,3-4,17H2,1-2H3,(H,30,32,34)/b22-14-. The Bertz CT molecular complexity index is 1340. The SMILES string of the molecule is CCOc1ccc(N2C(=O)NC(=O)/C(=C/c3cc(I)c(OCc4ccccc4)c(OCC)c3)C2=O)cc1.